The summed E-state index contributed by atoms with van der Waals surface area (Å²) >= 11 is 1.66. The van der Waals surface area contributed by atoms with Gasteiger partial charge in [0.25, 0.3) is 0 Å². The van der Waals surface area contributed by atoms with Crippen LogP contribution in [0.5, 0.6) is 0 Å². The minimum Gasteiger partial charge on any atom is -0.426 e. The third-order valence-electron chi connectivity index (χ3n) is 1.99. The van der Waals surface area contributed by atoms with Crippen molar-refractivity contribution in [3.63, 3.8) is 0 Å². The van der Waals surface area contributed by atoms with Crippen LogP contribution in [-0.4, -0.2) is 30.4 Å². The van der Waals surface area contributed by atoms with Gasteiger partial charge in [-0.25, -0.2) is 4.79 Å². The molecule has 0 bridgehead atoms. The molecule has 1 aliphatic rings. The van der Waals surface area contributed by atoms with Crippen molar-refractivity contribution < 1.29 is 14.3 Å². The first kappa shape index (κ1) is 10.7. The first-order valence-electron chi connectivity index (χ1n) is 4.31. The number of rotatable bonds is 2. The number of ether oxygens (including phenoxy) is 2. The van der Waals surface area contributed by atoms with Crippen LogP contribution in [0.3, 0.4) is 0 Å². The first-order valence-corrected chi connectivity index (χ1v) is 5.70. The zero-order valence-electron chi connectivity index (χ0n) is 8.49. The summed E-state index contributed by atoms with van der Waals surface area (Å²) in [7, 11) is 0. The minimum absolute atomic E-state index is 0.0491. The van der Waals surface area contributed by atoms with Crippen molar-refractivity contribution >= 4 is 17.9 Å². The normalized spacial score (nSPS) is 28.5. The van der Waals surface area contributed by atoms with E-state index in [4.69, 9.17) is 9.47 Å². The van der Waals surface area contributed by atoms with Gasteiger partial charge >= 0.3 is 6.16 Å². The smallest absolute Gasteiger partial charge is 0.426 e. The molecule has 0 radical (unpaired) electrons. The summed E-state index contributed by atoms with van der Waals surface area (Å²) in [4.78, 5) is 10.9. The second-order valence-corrected chi connectivity index (χ2v) is 5.18. The lowest BCUT2D eigenvalue weighted by Gasteiger charge is -2.27. The second-order valence-electron chi connectivity index (χ2n) is 4.27. The van der Waals surface area contributed by atoms with E-state index in [1.165, 1.54) is 0 Å². The molecular weight excluding hydrogens is 188 g/mol. The average molecular weight is 204 g/mol. The van der Waals surface area contributed by atoms with Crippen molar-refractivity contribution in [3.05, 3.63) is 0 Å². The SMILES string of the molecule is CSCC1OC(=O)OC1C(C)(C)C. The highest BCUT2D eigenvalue weighted by molar-refractivity contribution is 7.98. The Morgan fingerprint density at radius 2 is 2.00 bits per heavy atom. The lowest BCUT2D eigenvalue weighted by molar-refractivity contribution is 0.0579. The monoisotopic (exact) mass is 204 g/mol. The fourth-order valence-corrected chi connectivity index (χ4v) is 1.98. The van der Waals surface area contributed by atoms with Crippen LogP contribution in [0, 0.1) is 5.41 Å². The summed E-state index contributed by atoms with van der Waals surface area (Å²) in [5, 5.41) is 0. The van der Waals surface area contributed by atoms with E-state index in [1.54, 1.807) is 11.8 Å². The molecule has 0 spiro atoms. The Labute approximate surface area is 83.2 Å². The molecule has 2 unspecified atom stereocenters. The zero-order chi connectivity index (χ0) is 10.1. The van der Waals surface area contributed by atoms with Crippen molar-refractivity contribution in [3.8, 4) is 0 Å². The molecule has 76 valence electrons. The van der Waals surface area contributed by atoms with Gasteiger partial charge < -0.3 is 9.47 Å². The molecule has 0 amide bonds. The molecule has 1 rings (SSSR count). The van der Waals surface area contributed by atoms with Crippen LogP contribution in [0.25, 0.3) is 0 Å². The molecule has 4 heteroatoms. The Hall–Kier alpha value is -0.380. The number of thioether (sulfide) groups is 1. The zero-order valence-corrected chi connectivity index (χ0v) is 9.31. The second kappa shape index (κ2) is 3.78. The molecule has 0 aromatic rings. The van der Waals surface area contributed by atoms with Crippen molar-refractivity contribution in [1.82, 2.24) is 0 Å². The van der Waals surface area contributed by atoms with Gasteiger partial charge in [-0.15, -0.1) is 0 Å². The summed E-state index contributed by atoms with van der Waals surface area (Å²) in [5.74, 6) is 0.799. The molecule has 0 saturated carbocycles. The fourth-order valence-electron chi connectivity index (χ4n) is 1.41. The largest absolute Gasteiger partial charge is 0.509 e. The van der Waals surface area contributed by atoms with Crippen LogP contribution in [0.4, 0.5) is 4.79 Å². The number of hydrogen-bond donors (Lipinski definition) is 0. The fraction of sp³-hybridized carbons (Fsp3) is 0.889. The lowest BCUT2D eigenvalue weighted by atomic mass is 9.86. The van der Waals surface area contributed by atoms with Gasteiger partial charge in [0.15, 0.2) is 6.10 Å². The summed E-state index contributed by atoms with van der Waals surface area (Å²) in [5.41, 5.74) is -0.0491. The maximum Gasteiger partial charge on any atom is 0.509 e. The van der Waals surface area contributed by atoms with E-state index in [1.807, 2.05) is 27.0 Å². The Balaban J connectivity index is 2.66. The maximum absolute atomic E-state index is 10.9. The molecule has 2 atom stereocenters. The number of carbonyl (C=O) groups excluding carboxylic acids is 1. The van der Waals surface area contributed by atoms with E-state index in [0.717, 1.165) is 5.75 Å². The molecule has 0 aromatic carbocycles. The average Bonchev–Trinajstić information content (AvgIpc) is 2.30. The molecule has 1 saturated heterocycles. The summed E-state index contributed by atoms with van der Waals surface area (Å²) in [6.07, 6.45) is 1.25. The van der Waals surface area contributed by atoms with Crippen LogP contribution in [-0.2, 0) is 9.47 Å². The van der Waals surface area contributed by atoms with E-state index in [9.17, 15) is 4.79 Å². The summed E-state index contributed by atoms with van der Waals surface area (Å²) in [6.45, 7) is 6.15. The van der Waals surface area contributed by atoms with Gasteiger partial charge in [0.1, 0.15) is 6.10 Å². The van der Waals surface area contributed by atoms with Gasteiger partial charge in [-0.2, -0.15) is 11.8 Å². The summed E-state index contributed by atoms with van der Waals surface area (Å²) < 4.78 is 10.2. The topological polar surface area (TPSA) is 35.5 Å². The lowest BCUT2D eigenvalue weighted by Crippen LogP contribution is -2.36. The standard InChI is InChI=1S/C9H16O3S/c1-9(2,3)7-6(5-13-4)11-8(10)12-7/h6-7H,5H2,1-4H3. The first-order chi connectivity index (χ1) is 5.95. The van der Waals surface area contributed by atoms with E-state index in [-0.39, 0.29) is 17.6 Å². The van der Waals surface area contributed by atoms with Gasteiger partial charge in [-0.1, -0.05) is 20.8 Å². The van der Waals surface area contributed by atoms with E-state index in [0.29, 0.717) is 0 Å². The Morgan fingerprint density at radius 1 is 1.38 bits per heavy atom. The van der Waals surface area contributed by atoms with Crippen LogP contribution in [0.1, 0.15) is 20.8 Å². The molecule has 1 aliphatic heterocycles. The quantitative estimate of drug-likeness (QED) is 0.647. The van der Waals surface area contributed by atoms with Crippen molar-refractivity contribution in [2.45, 2.75) is 33.0 Å². The summed E-state index contributed by atoms with van der Waals surface area (Å²) in [6, 6.07) is 0. The molecule has 1 fully saturated rings. The predicted octanol–water partition coefficient (Wildman–Crippen LogP) is 2.30. The predicted molar refractivity (Wildman–Crippen MR) is 53.0 cm³/mol. The molecular formula is C9H16O3S. The Bertz CT molecular complexity index is 198. The van der Waals surface area contributed by atoms with Crippen molar-refractivity contribution in [2.24, 2.45) is 5.41 Å². The van der Waals surface area contributed by atoms with Gasteiger partial charge in [0.05, 0.1) is 0 Å². The third kappa shape index (κ3) is 2.53. The van der Waals surface area contributed by atoms with Crippen LogP contribution in [0.15, 0.2) is 0 Å². The van der Waals surface area contributed by atoms with Crippen LogP contribution in [0.2, 0.25) is 0 Å². The molecule has 3 nitrogen and oxygen atoms in total. The van der Waals surface area contributed by atoms with Crippen LogP contribution >= 0.6 is 11.8 Å². The number of carbonyl (C=O) groups is 1. The Morgan fingerprint density at radius 3 is 2.46 bits per heavy atom. The minimum atomic E-state index is -0.529. The van der Waals surface area contributed by atoms with Gasteiger partial charge in [0.2, 0.25) is 0 Å². The third-order valence-corrected chi connectivity index (χ3v) is 2.65. The van der Waals surface area contributed by atoms with Crippen LogP contribution < -0.4 is 0 Å². The molecule has 0 aromatic heterocycles. The Kier molecular flexibility index (Phi) is 3.11. The van der Waals surface area contributed by atoms with Crippen molar-refractivity contribution in [2.75, 3.05) is 12.0 Å². The molecule has 0 aliphatic carbocycles. The maximum atomic E-state index is 10.9. The highest BCUT2D eigenvalue weighted by atomic mass is 32.2. The number of cyclic esters (lactones) is 2. The molecule has 0 N–H and O–H groups in total. The van der Waals surface area contributed by atoms with Crippen molar-refractivity contribution in [1.29, 1.82) is 0 Å². The molecule has 1 heterocycles. The van der Waals surface area contributed by atoms with Gasteiger partial charge in [-0.3, -0.25) is 0 Å². The van der Waals surface area contributed by atoms with E-state index >= 15 is 0 Å². The number of hydrogen-bond acceptors (Lipinski definition) is 4. The van der Waals surface area contributed by atoms with E-state index < -0.39 is 6.16 Å². The highest BCUT2D eigenvalue weighted by Crippen LogP contribution is 2.32. The molecule has 13 heavy (non-hydrogen) atoms. The van der Waals surface area contributed by atoms with E-state index in [2.05, 4.69) is 0 Å². The highest BCUT2D eigenvalue weighted by Gasteiger charge is 2.43. The van der Waals surface area contributed by atoms with Gasteiger partial charge in [-0.05, 0) is 6.26 Å². The van der Waals surface area contributed by atoms with Gasteiger partial charge in [0, 0.05) is 11.2 Å².